The zero-order valence-corrected chi connectivity index (χ0v) is 17.1. The second-order valence-corrected chi connectivity index (χ2v) is 6.72. The van der Waals surface area contributed by atoms with Crippen LogP contribution in [0.3, 0.4) is 0 Å². The van der Waals surface area contributed by atoms with E-state index in [0.29, 0.717) is 29.6 Å². The Bertz CT molecular complexity index is 941. The molecule has 0 unspecified atom stereocenters. The molecule has 0 saturated heterocycles. The third-order valence-electron chi connectivity index (χ3n) is 4.34. The number of rotatable bonds is 9. The number of para-hydroxylation sites is 1. The molecule has 0 heterocycles. The van der Waals surface area contributed by atoms with E-state index in [9.17, 15) is 4.79 Å². The predicted molar refractivity (Wildman–Crippen MR) is 110 cm³/mol. The molecule has 0 saturated carbocycles. The number of carboxylic acid groups (broad SMARTS) is 1. The van der Waals surface area contributed by atoms with Crippen LogP contribution in [-0.2, 0) is 4.79 Å². The molecule has 0 fully saturated rings. The quantitative estimate of drug-likeness (QED) is 0.380. The monoisotopic (exact) mass is 395 g/mol. The summed E-state index contributed by atoms with van der Waals surface area (Å²) in [5.74, 6) is 0.712. The van der Waals surface area contributed by atoms with Gasteiger partial charge in [0, 0.05) is 5.56 Å². The normalized spacial score (nSPS) is 11.1. The highest BCUT2D eigenvalue weighted by atomic mass is 16.5. The predicted octanol–water partition coefficient (Wildman–Crippen LogP) is 4.58. The summed E-state index contributed by atoms with van der Waals surface area (Å²) >= 11 is 0. The van der Waals surface area contributed by atoms with Crippen LogP contribution in [0.5, 0.6) is 17.2 Å². The molecule has 0 aliphatic heterocycles. The molecule has 2 rings (SSSR count). The number of carboxylic acids is 1. The lowest BCUT2D eigenvalue weighted by Crippen LogP contribution is -2.10. The highest BCUT2D eigenvalue weighted by Crippen LogP contribution is 2.32. The van der Waals surface area contributed by atoms with Crippen molar-refractivity contribution >= 4 is 12.0 Å². The number of nitriles is 1. The largest absolute Gasteiger partial charge is 0.493 e. The van der Waals surface area contributed by atoms with Gasteiger partial charge in [-0.25, -0.2) is 4.79 Å². The lowest BCUT2D eigenvalue weighted by molar-refractivity contribution is -0.132. The van der Waals surface area contributed by atoms with Crippen LogP contribution in [-0.4, -0.2) is 31.4 Å². The van der Waals surface area contributed by atoms with E-state index >= 15 is 0 Å². The molecule has 29 heavy (non-hydrogen) atoms. The summed E-state index contributed by atoms with van der Waals surface area (Å²) in [5.41, 5.74) is 2.51. The van der Waals surface area contributed by atoms with Crippen molar-refractivity contribution in [1.29, 1.82) is 5.26 Å². The number of aliphatic carboxylic acids is 1. The summed E-state index contributed by atoms with van der Waals surface area (Å²) in [6, 6.07) is 12.7. The van der Waals surface area contributed by atoms with Crippen molar-refractivity contribution in [3.05, 3.63) is 58.7 Å². The first-order valence-corrected chi connectivity index (χ1v) is 9.25. The van der Waals surface area contributed by atoms with Gasteiger partial charge in [0.2, 0.25) is 0 Å². The fourth-order valence-corrected chi connectivity index (χ4v) is 2.95. The summed E-state index contributed by atoms with van der Waals surface area (Å²) in [6.07, 6.45) is 1.26. The van der Waals surface area contributed by atoms with Crippen LogP contribution in [0, 0.1) is 18.3 Å². The molecule has 0 bridgehead atoms. The Balaban J connectivity index is 2.10. The van der Waals surface area contributed by atoms with Crippen molar-refractivity contribution in [2.45, 2.75) is 26.7 Å². The highest BCUT2D eigenvalue weighted by molar-refractivity contribution is 5.97. The summed E-state index contributed by atoms with van der Waals surface area (Å²) in [4.78, 5) is 11.1. The summed E-state index contributed by atoms with van der Waals surface area (Å²) in [6.45, 7) is 6.88. The standard InChI is InChI=1S/C23H25NO5/c1-15(2)20-9-8-19(12-16(20)3)28-10-11-29-22-17(6-5-7-21(22)27-4)13-18(14-24)23(25)26/h5-9,12-13,15H,10-11H2,1-4H3,(H,25,26). The second-order valence-electron chi connectivity index (χ2n) is 6.72. The molecule has 2 aromatic rings. The fraction of sp³-hybridized carbons (Fsp3) is 0.304. The maximum atomic E-state index is 11.1. The molecule has 0 radical (unpaired) electrons. The topological polar surface area (TPSA) is 88.8 Å². The van der Waals surface area contributed by atoms with Gasteiger partial charge in [-0.05, 0) is 48.2 Å². The van der Waals surface area contributed by atoms with Crippen molar-refractivity contribution in [3.63, 3.8) is 0 Å². The molecule has 0 atom stereocenters. The van der Waals surface area contributed by atoms with Crippen LogP contribution in [0.15, 0.2) is 42.0 Å². The second kappa shape index (κ2) is 10.2. The Morgan fingerprint density at radius 1 is 1.21 bits per heavy atom. The van der Waals surface area contributed by atoms with Crippen molar-refractivity contribution in [3.8, 4) is 23.3 Å². The Kier molecular flexibility index (Phi) is 7.67. The lowest BCUT2D eigenvalue weighted by Gasteiger charge is -2.15. The van der Waals surface area contributed by atoms with Gasteiger partial charge >= 0.3 is 5.97 Å². The number of ether oxygens (including phenoxy) is 3. The van der Waals surface area contributed by atoms with Gasteiger partial charge in [-0.3, -0.25) is 0 Å². The van der Waals surface area contributed by atoms with E-state index < -0.39 is 5.97 Å². The number of hydrogen-bond acceptors (Lipinski definition) is 5. The summed E-state index contributed by atoms with van der Waals surface area (Å²) < 4.78 is 16.9. The Hall–Kier alpha value is -3.46. The summed E-state index contributed by atoms with van der Waals surface area (Å²) in [5, 5.41) is 18.1. The molecule has 6 heteroatoms. The fourth-order valence-electron chi connectivity index (χ4n) is 2.95. The zero-order chi connectivity index (χ0) is 21.4. The lowest BCUT2D eigenvalue weighted by atomic mass is 9.98. The molecule has 0 aliphatic rings. The van der Waals surface area contributed by atoms with Gasteiger partial charge < -0.3 is 19.3 Å². The van der Waals surface area contributed by atoms with E-state index in [0.717, 1.165) is 5.75 Å². The number of nitrogens with zero attached hydrogens (tertiary/aromatic N) is 1. The maximum absolute atomic E-state index is 11.1. The molecule has 0 aromatic heterocycles. The molecular weight excluding hydrogens is 370 g/mol. The van der Waals surface area contributed by atoms with Crippen molar-refractivity contribution < 1.29 is 24.1 Å². The Morgan fingerprint density at radius 2 is 1.93 bits per heavy atom. The molecule has 1 N–H and O–H groups in total. The first-order valence-electron chi connectivity index (χ1n) is 9.25. The van der Waals surface area contributed by atoms with Crippen LogP contribution in [0.25, 0.3) is 6.08 Å². The van der Waals surface area contributed by atoms with Gasteiger partial charge in [0.25, 0.3) is 0 Å². The van der Waals surface area contributed by atoms with E-state index in [1.54, 1.807) is 24.3 Å². The average molecular weight is 395 g/mol. The van der Waals surface area contributed by atoms with Crippen LogP contribution in [0.2, 0.25) is 0 Å². The van der Waals surface area contributed by atoms with Gasteiger partial charge in [-0.15, -0.1) is 0 Å². The molecule has 152 valence electrons. The van der Waals surface area contributed by atoms with E-state index in [2.05, 4.69) is 26.8 Å². The average Bonchev–Trinajstić information content (AvgIpc) is 2.69. The first kappa shape index (κ1) is 21.8. The molecular formula is C23H25NO5. The van der Waals surface area contributed by atoms with E-state index in [1.165, 1.54) is 24.3 Å². The number of methoxy groups -OCH3 is 1. The minimum absolute atomic E-state index is 0.223. The van der Waals surface area contributed by atoms with Gasteiger partial charge in [-0.2, -0.15) is 5.26 Å². The molecule has 0 amide bonds. The maximum Gasteiger partial charge on any atom is 0.346 e. The highest BCUT2D eigenvalue weighted by Gasteiger charge is 2.13. The molecule has 0 spiro atoms. The van der Waals surface area contributed by atoms with E-state index in [4.69, 9.17) is 24.6 Å². The summed E-state index contributed by atoms with van der Waals surface area (Å²) in [7, 11) is 1.49. The number of aryl methyl sites for hydroxylation is 1. The number of hydrogen-bond donors (Lipinski definition) is 1. The van der Waals surface area contributed by atoms with Gasteiger partial charge in [0.05, 0.1) is 7.11 Å². The first-order chi connectivity index (χ1) is 13.9. The minimum atomic E-state index is -1.30. The third-order valence-corrected chi connectivity index (χ3v) is 4.34. The van der Waals surface area contributed by atoms with Crippen LogP contribution in [0.1, 0.15) is 36.5 Å². The molecule has 2 aromatic carbocycles. The Morgan fingerprint density at radius 3 is 2.52 bits per heavy atom. The van der Waals surface area contributed by atoms with Gasteiger partial charge in [0.1, 0.15) is 30.6 Å². The zero-order valence-electron chi connectivity index (χ0n) is 17.1. The number of carbonyl (C=O) groups is 1. The van der Waals surface area contributed by atoms with E-state index in [-0.39, 0.29) is 12.2 Å². The molecule has 6 nitrogen and oxygen atoms in total. The number of benzene rings is 2. The van der Waals surface area contributed by atoms with E-state index in [1.807, 2.05) is 12.1 Å². The van der Waals surface area contributed by atoms with Crippen LogP contribution in [0.4, 0.5) is 0 Å². The van der Waals surface area contributed by atoms with Crippen LogP contribution < -0.4 is 14.2 Å². The van der Waals surface area contributed by atoms with Crippen molar-refractivity contribution in [1.82, 2.24) is 0 Å². The molecule has 0 aliphatic carbocycles. The van der Waals surface area contributed by atoms with Crippen molar-refractivity contribution in [2.24, 2.45) is 0 Å². The third kappa shape index (κ3) is 5.76. The van der Waals surface area contributed by atoms with Crippen LogP contribution >= 0.6 is 0 Å². The minimum Gasteiger partial charge on any atom is -0.493 e. The van der Waals surface area contributed by atoms with Crippen molar-refractivity contribution in [2.75, 3.05) is 20.3 Å². The van der Waals surface area contributed by atoms with Gasteiger partial charge in [0.15, 0.2) is 11.5 Å². The SMILES string of the molecule is COc1cccc(C=C(C#N)C(=O)O)c1OCCOc1ccc(C(C)C)c(C)c1. The Labute approximate surface area is 171 Å². The van der Waals surface area contributed by atoms with Gasteiger partial charge in [-0.1, -0.05) is 32.0 Å². The smallest absolute Gasteiger partial charge is 0.346 e.